The Bertz CT molecular complexity index is 758. The minimum atomic E-state index is -4.60. The van der Waals surface area contributed by atoms with Crippen LogP contribution in [0.1, 0.15) is 11.3 Å². The molecule has 112 valence electrons. The topological polar surface area (TPSA) is 59.1 Å². The maximum absolute atomic E-state index is 12.6. The molecule has 0 saturated heterocycles. The summed E-state index contributed by atoms with van der Waals surface area (Å²) in [5.74, 6) is 0.0485. The van der Waals surface area contributed by atoms with Gasteiger partial charge in [-0.25, -0.2) is 13.4 Å². The number of hydrogen-bond acceptors (Lipinski definition) is 3. The van der Waals surface area contributed by atoms with Crippen molar-refractivity contribution in [2.24, 2.45) is 0 Å². The van der Waals surface area contributed by atoms with Gasteiger partial charge in [0.2, 0.25) is 0 Å². The van der Waals surface area contributed by atoms with Crippen LogP contribution in [0, 0.1) is 6.92 Å². The maximum atomic E-state index is 12.6. The van der Waals surface area contributed by atoms with Gasteiger partial charge in [-0.15, -0.1) is 0 Å². The summed E-state index contributed by atoms with van der Waals surface area (Å²) in [6, 6.07) is 8.20. The summed E-state index contributed by atoms with van der Waals surface area (Å²) in [4.78, 5) is 3.47. The zero-order valence-corrected chi connectivity index (χ0v) is 11.7. The molecule has 1 aromatic heterocycles. The van der Waals surface area contributed by atoms with Crippen LogP contribution >= 0.6 is 0 Å². The molecule has 0 radical (unpaired) electrons. The predicted octanol–water partition coefficient (Wildman–Crippen LogP) is 3.21. The summed E-state index contributed by atoms with van der Waals surface area (Å²) in [7, 11) is -4.13. The van der Waals surface area contributed by atoms with Crippen LogP contribution in [0.4, 0.5) is 19.0 Å². The van der Waals surface area contributed by atoms with E-state index in [1.165, 1.54) is 6.07 Å². The van der Waals surface area contributed by atoms with Crippen molar-refractivity contribution in [2.75, 3.05) is 4.72 Å². The van der Waals surface area contributed by atoms with Gasteiger partial charge >= 0.3 is 6.18 Å². The van der Waals surface area contributed by atoms with Gasteiger partial charge in [0.15, 0.2) is 0 Å². The number of alkyl halides is 3. The fraction of sp³-hybridized carbons (Fsp3) is 0.154. The standard InChI is InChI=1S/C13H11F3N2O2S/c1-9-4-2-7-12(17-9)18-21(19,20)11-6-3-5-10(8-11)13(14,15)16/h2-8H,1H3,(H,17,18). The van der Waals surface area contributed by atoms with Gasteiger partial charge in [0, 0.05) is 5.69 Å². The zero-order chi connectivity index (χ0) is 15.7. The van der Waals surface area contributed by atoms with Crippen molar-refractivity contribution in [2.45, 2.75) is 18.0 Å². The molecule has 0 atom stereocenters. The molecule has 8 heteroatoms. The van der Waals surface area contributed by atoms with Crippen molar-refractivity contribution in [1.82, 2.24) is 4.98 Å². The summed E-state index contributed by atoms with van der Waals surface area (Å²) >= 11 is 0. The highest BCUT2D eigenvalue weighted by atomic mass is 32.2. The van der Waals surface area contributed by atoms with Crippen LogP contribution in [0.5, 0.6) is 0 Å². The summed E-state index contributed by atoms with van der Waals surface area (Å²) < 4.78 is 64.1. The second-order valence-corrected chi connectivity index (χ2v) is 5.98. The number of halogens is 3. The average Bonchev–Trinajstić information content (AvgIpc) is 2.37. The summed E-state index contributed by atoms with van der Waals surface area (Å²) in [5, 5.41) is 0. The molecule has 0 aliphatic carbocycles. The average molecular weight is 316 g/mol. The number of benzene rings is 1. The molecule has 1 aromatic carbocycles. The number of nitrogens with zero attached hydrogens (tertiary/aromatic N) is 1. The highest BCUT2D eigenvalue weighted by molar-refractivity contribution is 7.92. The van der Waals surface area contributed by atoms with Gasteiger partial charge in [0.25, 0.3) is 10.0 Å². The quantitative estimate of drug-likeness (QED) is 0.946. The number of sulfonamides is 1. The summed E-state index contributed by atoms with van der Waals surface area (Å²) in [5.41, 5.74) is -0.443. The van der Waals surface area contributed by atoms with Crippen LogP contribution in [-0.2, 0) is 16.2 Å². The van der Waals surface area contributed by atoms with E-state index in [0.29, 0.717) is 11.8 Å². The van der Waals surface area contributed by atoms with Gasteiger partial charge in [-0.1, -0.05) is 12.1 Å². The van der Waals surface area contributed by atoms with Gasteiger partial charge in [0.05, 0.1) is 10.5 Å². The number of aromatic nitrogens is 1. The van der Waals surface area contributed by atoms with Crippen LogP contribution in [-0.4, -0.2) is 13.4 Å². The first-order valence-electron chi connectivity index (χ1n) is 5.82. The molecule has 21 heavy (non-hydrogen) atoms. The molecule has 0 bridgehead atoms. The van der Waals surface area contributed by atoms with E-state index in [1.54, 1.807) is 19.1 Å². The molecule has 0 spiro atoms. The Balaban J connectivity index is 2.36. The van der Waals surface area contributed by atoms with Gasteiger partial charge in [-0.05, 0) is 37.3 Å². The van der Waals surface area contributed by atoms with Crippen molar-refractivity contribution in [3.05, 3.63) is 53.7 Å². The second kappa shape index (κ2) is 5.36. The number of nitrogens with one attached hydrogen (secondary N) is 1. The fourth-order valence-electron chi connectivity index (χ4n) is 1.64. The third-order valence-corrected chi connectivity index (χ3v) is 3.95. The SMILES string of the molecule is Cc1cccc(NS(=O)(=O)c2cccc(C(F)(F)F)c2)n1. The smallest absolute Gasteiger partial charge is 0.263 e. The summed E-state index contributed by atoms with van der Waals surface area (Å²) in [6.45, 7) is 1.67. The van der Waals surface area contributed by atoms with E-state index in [9.17, 15) is 21.6 Å². The molecule has 1 N–H and O–H groups in total. The van der Waals surface area contributed by atoms with Gasteiger partial charge in [-0.3, -0.25) is 4.72 Å². The van der Waals surface area contributed by atoms with Crippen molar-refractivity contribution in [3.8, 4) is 0 Å². The molecule has 0 unspecified atom stereocenters. The monoisotopic (exact) mass is 316 g/mol. The van der Waals surface area contributed by atoms with E-state index in [-0.39, 0.29) is 5.82 Å². The first kappa shape index (κ1) is 15.3. The fourth-order valence-corrected chi connectivity index (χ4v) is 2.68. The van der Waals surface area contributed by atoms with Crippen LogP contribution in [0.3, 0.4) is 0 Å². The largest absolute Gasteiger partial charge is 0.416 e. The molecular formula is C13H11F3N2O2S. The van der Waals surface area contributed by atoms with Crippen LogP contribution in [0.2, 0.25) is 0 Å². The van der Waals surface area contributed by atoms with Gasteiger partial charge in [0.1, 0.15) is 5.82 Å². The van der Waals surface area contributed by atoms with E-state index < -0.39 is 26.7 Å². The molecule has 0 amide bonds. The van der Waals surface area contributed by atoms with Crippen molar-refractivity contribution in [3.63, 3.8) is 0 Å². The molecule has 0 saturated carbocycles. The Morgan fingerprint density at radius 1 is 1.10 bits per heavy atom. The van der Waals surface area contributed by atoms with Crippen LogP contribution < -0.4 is 4.72 Å². The molecule has 0 fully saturated rings. The number of pyridine rings is 1. The van der Waals surface area contributed by atoms with E-state index in [4.69, 9.17) is 0 Å². The first-order valence-corrected chi connectivity index (χ1v) is 7.30. The molecule has 2 aromatic rings. The molecule has 2 rings (SSSR count). The lowest BCUT2D eigenvalue weighted by Crippen LogP contribution is -2.15. The van der Waals surface area contributed by atoms with Gasteiger partial charge in [-0.2, -0.15) is 13.2 Å². The minimum absolute atomic E-state index is 0.0485. The normalized spacial score (nSPS) is 12.2. The Labute approximate surface area is 119 Å². The van der Waals surface area contributed by atoms with E-state index in [1.807, 2.05) is 0 Å². The number of rotatable bonds is 3. The Kier molecular flexibility index (Phi) is 3.91. The van der Waals surface area contributed by atoms with Crippen LogP contribution in [0.25, 0.3) is 0 Å². The lowest BCUT2D eigenvalue weighted by molar-refractivity contribution is -0.137. The van der Waals surface area contributed by atoms with Crippen molar-refractivity contribution >= 4 is 15.8 Å². The Morgan fingerprint density at radius 2 is 1.76 bits per heavy atom. The van der Waals surface area contributed by atoms with Crippen molar-refractivity contribution < 1.29 is 21.6 Å². The Hall–Kier alpha value is -2.09. The van der Waals surface area contributed by atoms with Crippen LogP contribution in [0.15, 0.2) is 47.4 Å². The molecule has 0 aliphatic heterocycles. The first-order chi connectivity index (χ1) is 9.68. The Morgan fingerprint density at radius 3 is 2.38 bits per heavy atom. The van der Waals surface area contributed by atoms with Gasteiger partial charge < -0.3 is 0 Å². The highest BCUT2D eigenvalue weighted by Gasteiger charge is 2.31. The highest BCUT2D eigenvalue weighted by Crippen LogP contribution is 2.30. The lowest BCUT2D eigenvalue weighted by Gasteiger charge is -2.10. The maximum Gasteiger partial charge on any atom is 0.416 e. The predicted molar refractivity (Wildman–Crippen MR) is 71.2 cm³/mol. The van der Waals surface area contributed by atoms with Crippen molar-refractivity contribution in [1.29, 1.82) is 0 Å². The number of aryl methyl sites for hydroxylation is 1. The molecule has 4 nitrogen and oxygen atoms in total. The lowest BCUT2D eigenvalue weighted by atomic mass is 10.2. The summed E-state index contributed by atoms with van der Waals surface area (Å²) in [6.07, 6.45) is -4.60. The molecule has 1 heterocycles. The van der Waals surface area contributed by atoms with E-state index in [0.717, 1.165) is 18.2 Å². The number of anilines is 1. The minimum Gasteiger partial charge on any atom is -0.263 e. The second-order valence-electron chi connectivity index (χ2n) is 4.30. The zero-order valence-electron chi connectivity index (χ0n) is 10.8. The third kappa shape index (κ3) is 3.72. The number of hydrogen-bond donors (Lipinski definition) is 1. The molecule has 0 aliphatic rings. The van der Waals surface area contributed by atoms with E-state index in [2.05, 4.69) is 9.71 Å². The van der Waals surface area contributed by atoms with E-state index >= 15 is 0 Å². The third-order valence-electron chi connectivity index (χ3n) is 2.60. The molecular weight excluding hydrogens is 305 g/mol.